The van der Waals surface area contributed by atoms with Gasteiger partial charge in [0.05, 0.1) is 10.0 Å². The maximum absolute atomic E-state index is 9.03. The summed E-state index contributed by atoms with van der Waals surface area (Å²) in [4.78, 5) is 0. The summed E-state index contributed by atoms with van der Waals surface area (Å²) in [7, 11) is 0. The third-order valence-electron chi connectivity index (χ3n) is 2.22. The van der Waals surface area contributed by atoms with E-state index in [9.17, 15) is 0 Å². The van der Waals surface area contributed by atoms with E-state index in [-0.39, 0.29) is 5.56 Å². The van der Waals surface area contributed by atoms with Crippen molar-refractivity contribution >= 4 is 34.8 Å². The highest BCUT2D eigenvalue weighted by Gasteiger charge is 2.11. The molecule has 0 N–H and O–H groups in total. The van der Waals surface area contributed by atoms with Gasteiger partial charge < -0.3 is 4.74 Å². The number of hydrogen-bond acceptors (Lipinski definition) is 2. The maximum atomic E-state index is 9.03. The number of nitriles is 1. The highest BCUT2D eigenvalue weighted by molar-refractivity contribution is 6.42. The first kappa shape index (κ1) is 13.0. The number of benzene rings is 2. The van der Waals surface area contributed by atoms with E-state index < -0.39 is 0 Å². The van der Waals surface area contributed by atoms with E-state index in [1.165, 1.54) is 0 Å². The van der Waals surface area contributed by atoms with Crippen LogP contribution in [0, 0.1) is 11.3 Å². The van der Waals surface area contributed by atoms with Gasteiger partial charge in [-0.25, -0.2) is 0 Å². The van der Waals surface area contributed by atoms with Gasteiger partial charge >= 0.3 is 0 Å². The molecule has 2 aromatic rings. The van der Waals surface area contributed by atoms with Crippen molar-refractivity contribution in [3.63, 3.8) is 0 Å². The monoisotopic (exact) mass is 297 g/mol. The zero-order valence-electron chi connectivity index (χ0n) is 8.95. The Morgan fingerprint density at radius 1 is 0.889 bits per heavy atom. The van der Waals surface area contributed by atoms with Crippen LogP contribution in [0.3, 0.4) is 0 Å². The Balaban J connectivity index is 2.44. The minimum absolute atomic E-state index is 0.259. The van der Waals surface area contributed by atoms with Crippen LogP contribution in [-0.4, -0.2) is 0 Å². The summed E-state index contributed by atoms with van der Waals surface area (Å²) in [5, 5.41) is 10.0. The molecule has 0 aliphatic rings. The Morgan fingerprint density at radius 2 is 1.50 bits per heavy atom. The molecule has 0 aromatic heterocycles. The third kappa shape index (κ3) is 2.54. The average molecular weight is 299 g/mol. The second-order valence-corrected chi connectivity index (χ2v) is 4.57. The molecule has 0 spiro atoms. The van der Waals surface area contributed by atoms with E-state index in [1.54, 1.807) is 36.4 Å². The van der Waals surface area contributed by atoms with Crippen LogP contribution in [0.1, 0.15) is 5.56 Å². The van der Waals surface area contributed by atoms with Gasteiger partial charge in [0.1, 0.15) is 28.2 Å². The van der Waals surface area contributed by atoms with Crippen molar-refractivity contribution in [1.82, 2.24) is 0 Å². The third-order valence-corrected chi connectivity index (χ3v) is 3.34. The minimum atomic E-state index is 0.259. The molecule has 90 valence electrons. The lowest BCUT2D eigenvalue weighted by Crippen LogP contribution is -1.90. The van der Waals surface area contributed by atoms with Crippen molar-refractivity contribution in [2.75, 3.05) is 0 Å². The van der Waals surface area contributed by atoms with Crippen LogP contribution in [-0.2, 0) is 0 Å². The van der Waals surface area contributed by atoms with Crippen molar-refractivity contribution in [3.8, 4) is 17.6 Å². The van der Waals surface area contributed by atoms with Gasteiger partial charge in [-0.2, -0.15) is 5.26 Å². The highest BCUT2D eigenvalue weighted by atomic mass is 35.5. The number of hydrogen-bond donors (Lipinski definition) is 0. The van der Waals surface area contributed by atoms with E-state index in [2.05, 4.69) is 0 Å². The Kier molecular flexibility index (Phi) is 3.98. The topological polar surface area (TPSA) is 33.0 Å². The first-order valence-electron chi connectivity index (χ1n) is 4.94. The summed E-state index contributed by atoms with van der Waals surface area (Å²) in [6.07, 6.45) is 0. The second kappa shape index (κ2) is 5.49. The summed E-state index contributed by atoms with van der Waals surface area (Å²) >= 11 is 17.8. The van der Waals surface area contributed by atoms with E-state index in [0.29, 0.717) is 26.6 Å². The first-order valence-corrected chi connectivity index (χ1v) is 6.07. The molecule has 0 heterocycles. The molecule has 0 bridgehead atoms. The van der Waals surface area contributed by atoms with Crippen LogP contribution in [0.15, 0.2) is 36.4 Å². The summed E-state index contributed by atoms with van der Waals surface area (Å²) in [6, 6.07) is 12.0. The fourth-order valence-electron chi connectivity index (χ4n) is 1.38. The highest BCUT2D eigenvalue weighted by Crippen LogP contribution is 2.36. The maximum Gasteiger partial charge on any atom is 0.147 e. The summed E-state index contributed by atoms with van der Waals surface area (Å²) in [5.41, 5.74) is 0.259. The largest absolute Gasteiger partial charge is 0.454 e. The quantitative estimate of drug-likeness (QED) is 0.752. The smallest absolute Gasteiger partial charge is 0.147 e. The van der Waals surface area contributed by atoms with Gasteiger partial charge in [0, 0.05) is 0 Å². The molecule has 18 heavy (non-hydrogen) atoms. The fourth-order valence-corrected chi connectivity index (χ4v) is 1.92. The van der Waals surface area contributed by atoms with Crippen LogP contribution >= 0.6 is 34.8 Å². The lowest BCUT2D eigenvalue weighted by Gasteiger charge is -2.10. The molecule has 2 aromatic carbocycles. The van der Waals surface area contributed by atoms with Crippen LogP contribution in [0.4, 0.5) is 0 Å². The molecule has 2 nitrogen and oxygen atoms in total. The van der Waals surface area contributed by atoms with Gasteiger partial charge in [0.15, 0.2) is 0 Å². The number of halogens is 3. The van der Waals surface area contributed by atoms with Gasteiger partial charge in [0.2, 0.25) is 0 Å². The van der Waals surface area contributed by atoms with Crippen molar-refractivity contribution in [2.45, 2.75) is 0 Å². The summed E-state index contributed by atoms with van der Waals surface area (Å²) < 4.78 is 5.57. The molecule has 0 aliphatic carbocycles. The second-order valence-electron chi connectivity index (χ2n) is 3.38. The van der Waals surface area contributed by atoms with Crippen LogP contribution < -0.4 is 4.74 Å². The Morgan fingerprint density at radius 3 is 2.17 bits per heavy atom. The standard InChI is InChI=1S/C13H6Cl3NO/c14-9-3-1-5-11(8(9)7-17)18-12-6-2-4-10(15)13(12)16/h1-6H. The first-order chi connectivity index (χ1) is 8.63. The van der Waals surface area contributed by atoms with Crippen LogP contribution in [0.2, 0.25) is 15.1 Å². The summed E-state index contributed by atoms with van der Waals surface area (Å²) in [6.45, 7) is 0. The molecule has 2 rings (SSSR count). The van der Waals surface area contributed by atoms with Crippen LogP contribution in [0.5, 0.6) is 11.5 Å². The molecule has 0 unspecified atom stereocenters. The summed E-state index contributed by atoms with van der Waals surface area (Å²) in [5.74, 6) is 0.720. The molecule has 0 amide bonds. The van der Waals surface area contributed by atoms with Crippen molar-refractivity contribution in [1.29, 1.82) is 5.26 Å². The van der Waals surface area contributed by atoms with Crippen LogP contribution in [0.25, 0.3) is 0 Å². The van der Waals surface area contributed by atoms with Gasteiger partial charge in [-0.15, -0.1) is 0 Å². The Labute approximate surface area is 119 Å². The molecule has 5 heteroatoms. The minimum Gasteiger partial charge on any atom is -0.454 e. The molecular formula is C13H6Cl3NO. The zero-order valence-corrected chi connectivity index (χ0v) is 11.2. The fraction of sp³-hybridized carbons (Fsp3) is 0. The van der Waals surface area contributed by atoms with E-state index in [4.69, 9.17) is 44.8 Å². The lowest BCUT2D eigenvalue weighted by molar-refractivity contribution is 0.481. The number of ether oxygens (including phenoxy) is 1. The zero-order chi connectivity index (χ0) is 13.1. The van der Waals surface area contributed by atoms with Crippen molar-refractivity contribution in [2.24, 2.45) is 0 Å². The molecular weight excluding hydrogens is 293 g/mol. The molecule has 0 radical (unpaired) electrons. The Hall–Kier alpha value is -1.40. The SMILES string of the molecule is N#Cc1c(Cl)cccc1Oc1cccc(Cl)c1Cl. The van der Waals surface area contributed by atoms with Gasteiger partial charge in [-0.1, -0.05) is 46.9 Å². The molecule has 0 saturated carbocycles. The number of rotatable bonds is 2. The van der Waals surface area contributed by atoms with E-state index in [1.807, 2.05) is 6.07 Å². The van der Waals surface area contributed by atoms with E-state index in [0.717, 1.165) is 0 Å². The molecule has 0 atom stereocenters. The van der Waals surface area contributed by atoms with Gasteiger partial charge in [-0.3, -0.25) is 0 Å². The predicted molar refractivity (Wildman–Crippen MR) is 72.7 cm³/mol. The molecule has 0 fully saturated rings. The predicted octanol–water partition coefficient (Wildman–Crippen LogP) is 5.31. The van der Waals surface area contributed by atoms with Gasteiger partial charge in [0.25, 0.3) is 0 Å². The van der Waals surface area contributed by atoms with Crippen molar-refractivity contribution < 1.29 is 4.74 Å². The van der Waals surface area contributed by atoms with Crippen molar-refractivity contribution in [3.05, 3.63) is 57.0 Å². The Bertz CT molecular complexity index is 635. The normalized spacial score (nSPS) is 9.89. The average Bonchev–Trinajstić information content (AvgIpc) is 2.35. The number of nitrogens with zero attached hydrogens (tertiary/aromatic N) is 1. The molecule has 0 aliphatic heterocycles. The van der Waals surface area contributed by atoms with Gasteiger partial charge in [-0.05, 0) is 24.3 Å². The lowest BCUT2D eigenvalue weighted by atomic mass is 10.2. The van der Waals surface area contributed by atoms with E-state index >= 15 is 0 Å². The molecule has 0 saturated heterocycles.